The summed E-state index contributed by atoms with van der Waals surface area (Å²) in [5.74, 6) is -0.313. The van der Waals surface area contributed by atoms with E-state index in [1.165, 1.54) is 6.07 Å². The van der Waals surface area contributed by atoms with E-state index in [9.17, 15) is 9.18 Å². The van der Waals surface area contributed by atoms with Crippen molar-refractivity contribution in [2.45, 2.75) is 18.9 Å². The summed E-state index contributed by atoms with van der Waals surface area (Å²) in [6.07, 6.45) is 0.701. The second kappa shape index (κ2) is 8.44. The summed E-state index contributed by atoms with van der Waals surface area (Å²) >= 11 is 0. The molecule has 1 N–H and O–H groups in total. The topological polar surface area (TPSA) is 32.3 Å². The van der Waals surface area contributed by atoms with Crippen LogP contribution >= 0.6 is 0 Å². The standard InChI is InChI=1S/C19H23FN2O/c1-22(2)18(16-9-4-3-5-10-16)14-21-19(23)13-12-15-8-6-7-11-17(15)20/h3-11,18H,12-14H2,1-2H3,(H,21,23). The highest BCUT2D eigenvalue weighted by Gasteiger charge is 2.15. The van der Waals surface area contributed by atoms with Crippen LogP contribution in [0, 0.1) is 5.82 Å². The van der Waals surface area contributed by atoms with E-state index in [0.29, 0.717) is 18.5 Å². The maximum absolute atomic E-state index is 13.5. The second-order valence-corrected chi connectivity index (χ2v) is 5.79. The van der Waals surface area contributed by atoms with Crippen LogP contribution in [0.25, 0.3) is 0 Å². The molecule has 0 aliphatic rings. The number of carbonyl (C=O) groups excluding carboxylic acids is 1. The van der Waals surface area contributed by atoms with Crippen molar-refractivity contribution in [3.8, 4) is 0 Å². The van der Waals surface area contributed by atoms with Crippen LogP contribution in [0.1, 0.15) is 23.6 Å². The molecular weight excluding hydrogens is 291 g/mol. The molecule has 4 heteroatoms. The first kappa shape index (κ1) is 17.2. The predicted octanol–water partition coefficient (Wildman–Crippen LogP) is 3.18. The van der Waals surface area contributed by atoms with Gasteiger partial charge in [0, 0.05) is 13.0 Å². The van der Waals surface area contributed by atoms with Crippen molar-refractivity contribution in [3.05, 3.63) is 71.5 Å². The number of hydrogen-bond acceptors (Lipinski definition) is 2. The van der Waals surface area contributed by atoms with Crippen LogP contribution in [-0.2, 0) is 11.2 Å². The largest absolute Gasteiger partial charge is 0.354 e. The van der Waals surface area contributed by atoms with Gasteiger partial charge in [-0.3, -0.25) is 4.79 Å². The Labute approximate surface area is 137 Å². The quantitative estimate of drug-likeness (QED) is 0.851. The Kier molecular flexibility index (Phi) is 6.29. The number of amides is 1. The summed E-state index contributed by atoms with van der Waals surface area (Å²) < 4.78 is 13.5. The normalized spacial score (nSPS) is 12.2. The Hall–Kier alpha value is -2.20. The summed E-state index contributed by atoms with van der Waals surface area (Å²) in [6, 6.07) is 16.8. The second-order valence-electron chi connectivity index (χ2n) is 5.79. The molecule has 0 heterocycles. The molecule has 0 fully saturated rings. The number of carbonyl (C=O) groups is 1. The minimum Gasteiger partial charge on any atom is -0.354 e. The molecule has 0 saturated heterocycles. The maximum atomic E-state index is 13.5. The monoisotopic (exact) mass is 314 g/mol. The summed E-state index contributed by atoms with van der Waals surface area (Å²) in [7, 11) is 3.98. The average Bonchev–Trinajstić information content (AvgIpc) is 2.55. The molecular formula is C19H23FN2O. The molecule has 0 bridgehead atoms. The van der Waals surface area contributed by atoms with E-state index in [1.54, 1.807) is 18.2 Å². The van der Waals surface area contributed by atoms with Crippen molar-refractivity contribution < 1.29 is 9.18 Å². The van der Waals surface area contributed by atoms with Gasteiger partial charge in [-0.1, -0.05) is 48.5 Å². The summed E-state index contributed by atoms with van der Waals surface area (Å²) in [5, 5.41) is 2.95. The third kappa shape index (κ3) is 5.18. The molecule has 0 aliphatic carbocycles. The lowest BCUT2D eigenvalue weighted by atomic mass is 10.1. The van der Waals surface area contributed by atoms with Gasteiger partial charge in [0.2, 0.25) is 5.91 Å². The fourth-order valence-electron chi connectivity index (χ4n) is 2.52. The van der Waals surface area contributed by atoms with Crippen LogP contribution in [0.3, 0.4) is 0 Å². The molecule has 0 spiro atoms. The van der Waals surface area contributed by atoms with Gasteiger partial charge < -0.3 is 10.2 Å². The first-order valence-corrected chi connectivity index (χ1v) is 7.79. The zero-order valence-corrected chi connectivity index (χ0v) is 13.6. The van der Waals surface area contributed by atoms with Crippen LogP contribution in [-0.4, -0.2) is 31.4 Å². The van der Waals surface area contributed by atoms with Crippen molar-refractivity contribution in [1.82, 2.24) is 10.2 Å². The summed E-state index contributed by atoms with van der Waals surface area (Å²) in [4.78, 5) is 14.1. The molecule has 23 heavy (non-hydrogen) atoms. The molecule has 1 atom stereocenters. The van der Waals surface area contributed by atoms with Crippen LogP contribution in [0.4, 0.5) is 4.39 Å². The molecule has 122 valence electrons. The molecule has 2 aromatic rings. The zero-order valence-electron chi connectivity index (χ0n) is 13.6. The van der Waals surface area contributed by atoms with E-state index in [2.05, 4.69) is 22.3 Å². The fourth-order valence-corrected chi connectivity index (χ4v) is 2.52. The highest BCUT2D eigenvalue weighted by Crippen LogP contribution is 2.16. The lowest BCUT2D eigenvalue weighted by Crippen LogP contribution is -2.34. The number of hydrogen-bond donors (Lipinski definition) is 1. The summed E-state index contributed by atoms with van der Waals surface area (Å²) in [5.41, 5.74) is 1.74. The van der Waals surface area contributed by atoms with Crippen LogP contribution in [0.5, 0.6) is 0 Å². The zero-order chi connectivity index (χ0) is 16.7. The van der Waals surface area contributed by atoms with E-state index in [0.717, 1.165) is 5.56 Å². The van der Waals surface area contributed by atoms with Crippen LogP contribution in [0.15, 0.2) is 54.6 Å². The van der Waals surface area contributed by atoms with Gasteiger partial charge in [0.25, 0.3) is 0 Å². The highest BCUT2D eigenvalue weighted by atomic mass is 19.1. The van der Waals surface area contributed by atoms with Crippen molar-refractivity contribution in [2.24, 2.45) is 0 Å². The fraction of sp³-hybridized carbons (Fsp3) is 0.316. The van der Waals surface area contributed by atoms with E-state index < -0.39 is 0 Å². The maximum Gasteiger partial charge on any atom is 0.220 e. The Morgan fingerprint density at radius 2 is 1.74 bits per heavy atom. The van der Waals surface area contributed by atoms with E-state index in [4.69, 9.17) is 0 Å². The summed E-state index contributed by atoms with van der Waals surface area (Å²) in [6.45, 7) is 0.535. The number of nitrogens with zero attached hydrogens (tertiary/aromatic N) is 1. The van der Waals surface area contributed by atoms with Gasteiger partial charge >= 0.3 is 0 Å². The smallest absolute Gasteiger partial charge is 0.220 e. The first-order valence-electron chi connectivity index (χ1n) is 7.79. The van der Waals surface area contributed by atoms with Crippen LogP contribution in [0.2, 0.25) is 0 Å². The lowest BCUT2D eigenvalue weighted by molar-refractivity contribution is -0.121. The lowest BCUT2D eigenvalue weighted by Gasteiger charge is -2.25. The molecule has 2 rings (SSSR count). The molecule has 3 nitrogen and oxygen atoms in total. The number of halogens is 1. The molecule has 0 aliphatic heterocycles. The van der Waals surface area contributed by atoms with Gasteiger partial charge in [-0.2, -0.15) is 0 Å². The van der Waals surface area contributed by atoms with Gasteiger partial charge in [0.15, 0.2) is 0 Å². The molecule has 1 unspecified atom stereocenters. The molecule has 1 amide bonds. The van der Waals surface area contributed by atoms with Crippen molar-refractivity contribution in [2.75, 3.05) is 20.6 Å². The van der Waals surface area contributed by atoms with E-state index in [1.807, 2.05) is 32.3 Å². The number of aryl methyl sites for hydroxylation is 1. The number of benzene rings is 2. The Bertz CT molecular complexity index is 628. The van der Waals surface area contributed by atoms with Crippen molar-refractivity contribution >= 4 is 5.91 Å². The Balaban J connectivity index is 1.86. The average molecular weight is 314 g/mol. The third-order valence-corrected chi connectivity index (χ3v) is 3.88. The Morgan fingerprint density at radius 1 is 1.09 bits per heavy atom. The predicted molar refractivity (Wildman–Crippen MR) is 90.6 cm³/mol. The van der Waals surface area contributed by atoms with Gasteiger partial charge in [0.1, 0.15) is 5.82 Å². The van der Waals surface area contributed by atoms with Gasteiger partial charge in [-0.25, -0.2) is 4.39 Å². The van der Waals surface area contributed by atoms with Crippen LogP contribution < -0.4 is 5.32 Å². The van der Waals surface area contributed by atoms with Gasteiger partial charge in [0.05, 0.1) is 6.04 Å². The number of nitrogens with one attached hydrogen (secondary N) is 1. The molecule has 0 saturated carbocycles. The van der Waals surface area contributed by atoms with Crippen molar-refractivity contribution in [1.29, 1.82) is 0 Å². The molecule has 0 aromatic heterocycles. The Morgan fingerprint density at radius 3 is 2.39 bits per heavy atom. The first-order chi connectivity index (χ1) is 11.1. The minimum atomic E-state index is -0.254. The highest BCUT2D eigenvalue weighted by molar-refractivity contribution is 5.76. The number of likely N-dealkylation sites (N-methyl/N-ethyl adjacent to an activating group) is 1. The van der Waals surface area contributed by atoms with Gasteiger partial charge in [-0.15, -0.1) is 0 Å². The van der Waals surface area contributed by atoms with Gasteiger partial charge in [-0.05, 0) is 37.7 Å². The van der Waals surface area contributed by atoms with E-state index in [-0.39, 0.29) is 24.2 Å². The number of rotatable bonds is 7. The minimum absolute atomic E-state index is 0.0592. The van der Waals surface area contributed by atoms with E-state index >= 15 is 0 Å². The molecule has 2 aromatic carbocycles. The SMILES string of the molecule is CN(C)C(CNC(=O)CCc1ccccc1F)c1ccccc1. The third-order valence-electron chi connectivity index (χ3n) is 3.88. The van der Waals surface area contributed by atoms with Crippen molar-refractivity contribution in [3.63, 3.8) is 0 Å². The molecule has 0 radical (unpaired) electrons.